The first kappa shape index (κ1) is 11.8. The molecule has 3 heteroatoms. The second kappa shape index (κ2) is 4.47. The SMILES string of the molecule is CCC1([C@H](O)CCc2ccc3c(c2)OCO3)CC1. The highest BCUT2D eigenvalue weighted by atomic mass is 16.7. The summed E-state index contributed by atoms with van der Waals surface area (Å²) >= 11 is 0. The van der Waals surface area contributed by atoms with Gasteiger partial charge in [0.2, 0.25) is 6.79 Å². The first-order valence-corrected chi connectivity index (χ1v) is 6.80. The van der Waals surface area contributed by atoms with Gasteiger partial charge in [0.15, 0.2) is 11.5 Å². The highest BCUT2D eigenvalue weighted by molar-refractivity contribution is 5.44. The molecule has 2 aliphatic rings. The van der Waals surface area contributed by atoms with Crippen molar-refractivity contribution in [2.75, 3.05) is 6.79 Å². The first-order chi connectivity index (χ1) is 8.73. The minimum Gasteiger partial charge on any atom is -0.454 e. The maximum atomic E-state index is 10.2. The van der Waals surface area contributed by atoms with E-state index in [1.165, 1.54) is 18.4 Å². The van der Waals surface area contributed by atoms with Crippen LogP contribution in [0.4, 0.5) is 0 Å². The molecule has 1 fully saturated rings. The zero-order valence-corrected chi connectivity index (χ0v) is 10.8. The molecule has 18 heavy (non-hydrogen) atoms. The number of aliphatic hydroxyl groups excluding tert-OH is 1. The van der Waals surface area contributed by atoms with Gasteiger partial charge in [-0.2, -0.15) is 0 Å². The lowest BCUT2D eigenvalue weighted by Gasteiger charge is -2.20. The van der Waals surface area contributed by atoms with Crippen molar-refractivity contribution in [3.05, 3.63) is 23.8 Å². The minimum atomic E-state index is -0.159. The van der Waals surface area contributed by atoms with Crippen LogP contribution < -0.4 is 9.47 Å². The molecule has 1 heterocycles. The predicted octanol–water partition coefficient (Wildman–Crippen LogP) is 2.90. The third kappa shape index (κ3) is 2.07. The highest BCUT2D eigenvalue weighted by Gasteiger charge is 2.46. The molecule has 1 N–H and O–H groups in total. The summed E-state index contributed by atoms with van der Waals surface area (Å²) in [5.41, 5.74) is 1.45. The van der Waals surface area contributed by atoms with Gasteiger partial charge in [-0.05, 0) is 55.2 Å². The van der Waals surface area contributed by atoms with E-state index in [1.54, 1.807) is 0 Å². The summed E-state index contributed by atoms with van der Waals surface area (Å²) in [6.45, 7) is 2.50. The normalized spacial score (nSPS) is 20.8. The van der Waals surface area contributed by atoms with Gasteiger partial charge in [0, 0.05) is 0 Å². The summed E-state index contributed by atoms with van der Waals surface area (Å²) in [6, 6.07) is 6.04. The summed E-state index contributed by atoms with van der Waals surface area (Å²) < 4.78 is 10.7. The number of ether oxygens (including phenoxy) is 2. The molecule has 1 aromatic rings. The van der Waals surface area contributed by atoms with Gasteiger partial charge in [0.1, 0.15) is 0 Å². The number of aryl methyl sites for hydroxylation is 1. The van der Waals surface area contributed by atoms with Crippen molar-refractivity contribution < 1.29 is 14.6 Å². The summed E-state index contributed by atoms with van der Waals surface area (Å²) in [7, 11) is 0. The van der Waals surface area contributed by atoms with E-state index in [0.29, 0.717) is 6.79 Å². The number of hydrogen-bond donors (Lipinski definition) is 1. The number of hydrogen-bond acceptors (Lipinski definition) is 3. The van der Waals surface area contributed by atoms with Gasteiger partial charge in [0.25, 0.3) is 0 Å². The Hall–Kier alpha value is -1.22. The van der Waals surface area contributed by atoms with Crippen molar-refractivity contribution in [3.8, 4) is 11.5 Å². The minimum absolute atomic E-state index is 0.159. The zero-order chi connectivity index (χ0) is 12.6. The molecule has 0 spiro atoms. The Morgan fingerprint density at radius 2 is 2.06 bits per heavy atom. The number of aliphatic hydroxyl groups is 1. The van der Waals surface area contributed by atoms with Crippen molar-refractivity contribution in [1.82, 2.24) is 0 Å². The molecule has 0 radical (unpaired) electrons. The van der Waals surface area contributed by atoms with Gasteiger partial charge < -0.3 is 14.6 Å². The lowest BCUT2D eigenvalue weighted by molar-refractivity contribution is 0.0820. The Balaban J connectivity index is 1.60. The lowest BCUT2D eigenvalue weighted by atomic mass is 9.91. The maximum Gasteiger partial charge on any atom is 0.231 e. The van der Waals surface area contributed by atoms with Crippen molar-refractivity contribution >= 4 is 0 Å². The summed E-state index contributed by atoms with van der Waals surface area (Å²) in [6.07, 6.45) is 5.05. The molecule has 0 saturated heterocycles. The van der Waals surface area contributed by atoms with Crippen LogP contribution in [0.1, 0.15) is 38.2 Å². The van der Waals surface area contributed by atoms with Crippen LogP contribution in [-0.4, -0.2) is 18.0 Å². The van der Waals surface area contributed by atoms with Gasteiger partial charge in [-0.3, -0.25) is 0 Å². The monoisotopic (exact) mass is 248 g/mol. The predicted molar refractivity (Wildman–Crippen MR) is 68.9 cm³/mol. The van der Waals surface area contributed by atoms with E-state index in [4.69, 9.17) is 9.47 Å². The molecule has 0 aromatic heterocycles. The first-order valence-electron chi connectivity index (χ1n) is 6.80. The topological polar surface area (TPSA) is 38.7 Å². The van der Waals surface area contributed by atoms with Crippen LogP contribution in [-0.2, 0) is 6.42 Å². The maximum absolute atomic E-state index is 10.2. The van der Waals surface area contributed by atoms with Crippen LogP contribution in [0.25, 0.3) is 0 Å². The Morgan fingerprint density at radius 3 is 2.78 bits per heavy atom. The van der Waals surface area contributed by atoms with Crippen LogP contribution in [0.5, 0.6) is 11.5 Å². The van der Waals surface area contributed by atoms with E-state index in [2.05, 4.69) is 13.0 Å². The van der Waals surface area contributed by atoms with E-state index in [-0.39, 0.29) is 11.5 Å². The number of rotatable bonds is 5. The third-order valence-corrected chi connectivity index (χ3v) is 4.45. The molecular formula is C15H20O3. The van der Waals surface area contributed by atoms with Gasteiger partial charge in [-0.1, -0.05) is 13.0 Å². The molecule has 0 bridgehead atoms. The van der Waals surface area contributed by atoms with Crippen molar-refractivity contribution in [3.63, 3.8) is 0 Å². The third-order valence-electron chi connectivity index (χ3n) is 4.45. The average molecular weight is 248 g/mol. The number of fused-ring (bicyclic) bond motifs is 1. The van der Waals surface area contributed by atoms with Gasteiger partial charge in [-0.15, -0.1) is 0 Å². The van der Waals surface area contributed by atoms with Gasteiger partial charge >= 0.3 is 0 Å². The Labute approximate surface area is 108 Å². The summed E-state index contributed by atoms with van der Waals surface area (Å²) in [5.74, 6) is 1.66. The fourth-order valence-corrected chi connectivity index (χ4v) is 2.79. The van der Waals surface area contributed by atoms with Crippen LogP contribution >= 0.6 is 0 Å². The molecule has 98 valence electrons. The molecule has 1 aliphatic carbocycles. The Morgan fingerprint density at radius 1 is 1.28 bits per heavy atom. The van der Waals surface area contributed by atoms with Crippen LogP contribution in [0, 0.1) is 5.41 Å². The van der Waals surface area contributed by atoms with Gasteiger partial charge in [-0.25, -0.2) is 0 Å². The van der Waals surface area contributed by atoms with Crippen molar-refractivity contribution in [2.45, 2.75) is 45.1 Å². The summed E-state index contributed by atoms with van der Waals surface area (Å²) in [5, 5.41) is 10.2. The van der Waals surface area contributed by atoms with Crippen molar-refractivity contribution in [2.24, 2.45) is 5.41 Å². The largest absolute Gasteiger partial charge is 0.454 e. The highest BCUT2D eigenvalue weighted by Crippen LogP contribution is 2.52. The van der Waals surface area contributed by atoms with Gasteiger partial charge in [0.05, 0.1) is 6.10 Å². The molecule has 3 nitrogen and oxygen atoms in total. The summed E-state index contributed by atoms with van der Waals surface area (Å²) in [4.78, 5) is 0. The molecule has 1 aliphatic heterocycles. The molecule has 1 saturated carbocycles. The second-order valence-corrected chi connectivity index (χ2v) is 5.46. The molecule has 0 amide bonds. The second-order valence-electron chi connectivity index (χ2n) is 5.46. The Bertz CT molecular complexity index is 437. The molecule has 3 rings (SSSR count). The standard InChI is InChI=1S/C15H20O3/c1-2-15(7-8-15)14(16)6-4-11-3-5-12-13(9-11)18-10-17-12/h3,5,9,14,16H,2,4,6-8,10H2,1H3/t14-/m1/s1. The smallest absolute Gasteiger partial charge is 0.231 e. The lowest BCUT2D eigenvalue weighted by Crippen LogP contribution is -2.21. The van der Waals surface area contributed by atoms with E-state index in [0.717, 1.165) is 30.8 Å². The molecule has 0 unspecified atom stereocenters. The molecule has 1 aromatic carbocycles. The van der Waals surface area contributed by atoms with E-state index in [1.807, 2.05) is 12.1 Å². The van der Waals surface area contributed by atoms with Crippen LogP contribution in [0.2, 0.25) is 0 Å². The fourth-order valence-electron chi connectivity index (χ4n) is 2.79. The molecular weight excluding hydrogens is 228 g/mol. The Kier molecular flexibility index (Phi) is 2.94. The zero-order valence-electron chi connectivity index (χ0n) is 10.8. The average Bonchev–Trinajstić information content (AvgIpc) is 3.07. The van der Waals surface area contributed by atoms with Crippen LogP contribution in [0.3, 0.4) is 0 Å². The van der Waals surface area contributed by atoms with E-state index < -0.39 is 0 Å². The number of benzene rings is 1. The fraction of sp³-hybridized carbons (Fsp3) is 0.600. The molecule has 1 atom stereocenters. The van der Waals surface area contributed by atoms with Crippen LogP contribution in [0.15, 0.2) is 18.2 Å². The van der Waals surface area contributed by atoms with Crippen molar-refractivity contribution in [1.29, 1.82) is 0 Å². The van der Waals surface area contributed by atoms with E-state index >= 15 is 0 Å². The quantitative estimate of drug-likeness (QED) is 0.870. The van der Waals surface area contributed by atoms with E-state index in [9.17, 15) is 5.11 Å².